The molecule has 84 valence electrons. The SMILES string of the molecule is CCC(C)C(NC)c1cc(F)ccc1Cl. The molecule has 0 heterocycles. The van der Waals surface area contributed by atoms with Gasteiger partial charge in [-0.3, -0.25) is 0 Å². The summed E-state index contributed by atoms with van der Waals surface area (Å²) in [5, 5.41) is 3.81. The Morgan fingerprint density at radius 1 is 1.47 bits per heavy atom. The van der Waals surface area contributed by atoms with Gasteiger partial charge < -0.3 is 5.32 Å². The Bertz CT molecular complexity index is 327. The Balaban J connectivity index is 3.05. The molecule has 3 heteroatoms. The molecule has 2 unspecified atom stereocenters. The van der Waals surface area contributed by atoms with Gasteiger partial charge in [0, 0.05) is 11.1 Å². The Labute approximate surface area is 95.6 Å². The normalized spacial score (nSPS) is 15.0. The fourth-order valence-electron chi connectivity index (χ4n) is 1.74. The summed E-state index contributed by atoms with van der Waals surface area (Å²) in [5.74, 6) is 0.187. The van der Waals surface area contributed by atoms with E-state index < -0.39 is 0 Å². The maximum Gasteiger partial charge on any atom is 0.123 e. The van der Waals surface area contributed by atoms with Crippen molar-refractivity contribution >= 4 is 11.6 Å². The number of hydrogen-bond donors (Lipinski definition) is 1. The van der Waals surface area contributed by atoms with Gasteiger partial charge in [-0.05, 0) is 36.7 Å². The lowest BCUT2D eigenvalue weighted by Gasteiger charge is -2.23. The van der Waals surface area contributed by atoms with Crippen molar-refractivity contribution in [2.24, 2.45) is 5.92 Å². The topological polar surface area (TPSA) is 12.0 Å². The molecule has 0 saturated heterocycles. The highest BCUT2D eigenvalue weighted by molar-refractivity contribution is 6.31. The first-order chi connectivity index (χ1) is 7.10. The van der Waals surface area contributed by atoms with E-state index in [0.717, 1.165) is 12.0 Å². The average molecular weight is 230 g/mol. The van der Waals surface area contributed by atoms with Crippen LogP contribution < -0.4 is 5.32 Å². The summed E-state index contributed by atoms with van der Waals surface area (Å²) in [7, 11) is 1.87. The smallest absolute Gasteiger partial charge is 0.123 e. The Hall–Kier alpha value is -0.600. The van der Waals surface area contributed by atoms with Crippen LogP contribution in [0.15, 0.2) is 18.2 Å². The highest BCUT2D eigenvalue weighted by Gasteiger charge is 2.18. The molecule has 0 spiro atoms. The first-order valence-corrected chi connectivity index (χ1v) is 5.60. The molecular formula is C12H17ClFN. The van der Waals surface area contributed by atoms with Gasteiger partial charge in [0.2, 0.25) is 0 Å². The third kappa shape index (κ3) is 2.93. The lowest BCUT2D eigenvalue weighted by Crippen LogP contribution is -2.23. The fraction of sp³-hybridized carbons (Fsp3) is 0.500. The predicted molar refractivity (Wildman–Crippen MR) is 62.7 cm³/mol. The third-order valence-corrected chi connectivity index (χ3v) is 3.16. The van der Waals surface area contributed by atoms with E-state index >= 15 is 0 Å². The Morgan fingerprint density at radius 2 is 2.13 bits per heavy atom. The summed E-state index contributed by atoms with van der Waals surface area (Å²) >= 11 is 6.06. The van der Waals surface area contributed by atoms with Gasteiger partial charge in [0.15, 0.2) is 0 Å². The maximum absolute atomic E-state index is 13.1. The highest BCUT2D eigenvalue weighted by Crippen LogP contribution is 2.30. The molecule has 0 aromatic heterocycles. The van der Waals surface area contributed by atoms with Crippen LogP contribution in [0, 0.1) is 11.7 Å². The zero-order chi connectivity index (χ0) is 11.4. The molecule has 0 aliphatic carbocycles. The monoisotopic (exact) mass is 229 g/mol. The number of hydrogen-bond acceptors (Lipinski definition) is 1. The maximum atomic E-state index is 13.1. The molecule has 1 rings (SSSR count). The predicted octanol–water partition coefficient (Wildman–Crippen LogP) is 3.79. The number of nitrogens with one attached hydrogen (secondary N) is 1. The molecule has 0 radical (unpaired) electrons. The largest absolute Gasteiger partial charge is 0.313 e. The van der Waals surface area contributed by atoms with Gasteiger partial charge in [0.25, 0.3) is 0 Å². The zero-order valence-corrected chi connectivity index (χ0v) is 10.1. The molecular weight excluding hydrogens is 213 g/mol. The molecule has 1 N–H and O–H groups in total. The Kier molecular flexibility index (Phi) is 4.55. The van der Waals surface area contributed by atoms with Crippen LogP contribution in [0.1, 0.15) is 31.9 Å². The highest BCUT2D eigenvalue weighted by atomic mass is 35.5. The minimum absolute atomic E-state index is 0.109. The molecule has 0 aliphatic heterocycles. The quantitative estimate of drug-likeness (QED) is 0.829. The standard InChI is InChI=1S/C12H17ClFN/c1-4-8(2)12(15-3)10-7-9(14)5-6-11(10)13/h5-8,12,15H,4H2,1-3H3. The molecule has 1 nitrogen and oxygen atoms in total. The van der Waals surface area contributed by atoms with E-state index in [-0.39, 0.29) is 11.9 Å². The van der Waals surface area contributed by atoms with Gasteiger partial charge in [0.1, 0.15) is 5.82 Å². The minimum atomic E-state index is -0.238. The molecule has 0 bridgehead atoms. The first-order valence-electron chi connectivity index (χ1n) is 5.22. The van der Waals surface area contributed by atoms with E-state index in [0.29, 0.717) is 10.9 Å². The second-order valence-corrected chi connectivity index (χ2v) is 4.22. The number of rotatable bonds is 4. The van der Waals surface area contributed by atoms with Gasteiger partial charge in [-0.2, -0.15) is 0 Å². The van der Waals surface area contributed by atoms with Crippen LogP contribution in [0.25, 0.3) is 0 Å². The van der Waals surface area contributed by atoms with Crippen molar-refractivity contribution in [2.45, 2.75) is 26.3 Å². The van der Waals surface area contributed by atoms with Gasteiger partial charge >= 0.3 is 0 Å². The molecule has 1 aromatic carbocycles. The summed E-state index contributed by atoms with van der Waals surface area (Å²) < 4.78 is 13.1. The summed E-state index contributed by atoms with van der Waals surface area (Å²) in [4.78, 5) is 0. The van der Waals surface area contributed by atoms with Crippen LogP contribution in [-0.2, 0) is 0 Å². The number of halogens is 2. The van der Waals surface area contributed by atoms with Gasteiger partial charge in [-0.15, -0.1) is 0 Å². The van der Waals surface area contributed by atoms with Crippen LogP contribution in [0.5, 0.6) is 0 Å². The van der Waals surface area contributed by atoms with Crippen LogP contribution in [0.3, 0.4) is 0 Å². The van der Waals surface area contributed by atoms with Gasteiger partial charge in [-0.25, -0.2) is 4.39 Å². The van der Waals surface area contributed by atoms with Crippen molar-refractivity contribution in [2.75, 3.05) is 7.05 Å². The van der Waals surface area contributed by atoms with E-state index in [2.05, 4.69) is 19.2 Å². The van der Waals surface area contributed by atoms with Crippen LogP contribution >= 0.6 is 11.6 Å². The van der Waals surface area contributed by atoms with Gasteiger partial charge in [-0.1, -0.05) is 31.9 Å². The summed E-state index contributed by atoms with van der Waals surface area (Å²) in [5.41, 5.74) is 0.841. The second-order valence-electron chi connectivity index (χ2n) is 3.82. The van der Waals surface area contributed by atoms with E-state index in [1.54, 1.807) is 6.07 Å². The third-order valence-electron chi connectivity index (χ3n) is 2.82. The van der Waals surface area contributed by atoms with Crippen molar-refractivity contribution in [3.05, 3.63) is 34.6 Å². The van der Waals surface area contributed by atoms with Crippen molar-refractivity contribution < 1.29 is 4.39 Å². The molecule has 0 aliphatic rings. The molecule has 2 atom stereocenters. The number of benzene rings is 1. The zero-order valence-electron chi connectivity index (χ0n) is 9.35. The Morgan fingerprint density at radius 3 is 2.67 bits per heavy atom. The summed E-state index contributed by atoms with van der Waals surface area (Å²) in [6.45, 7) is 4.24. The van der Waals surface area contributed by atoms with Crippen LogP contribution in [0.2, 0.25) is 5.02 Å². The average Bonchev–Trinajstić information content (AvgIpc) is 2.23. The molecule has 1 aromatic rings. The first kappa shape index (κ1) is 12.5. The lowest BCUT2D eigenvalue weighted by atomic mass is 9.92. The second kappa shape index (κ2) is 5.47. The molecule has 0 saturated carbocycles. The summed E-state index contributed by atoms with van der Waals surface area (Å²) in [6, 6.07) is 4.61. The summed E-state index contributed by atoms with van der Waals surface area (Å²) in [6.07, 6.45) is 1.03. The van der Waals surface area contributed by atoms with Crippen molar-refractivity contribution in [1.29, 1.82) is 0 Å². The van der Waals surface area contributed by atoms with Gasteiger partial charge in [0.05, 0.1) is 0 Å². The molecule has 0 amide bonds. The van der Waals surface area contributed by atoms with Crippen molar-refractivity contribution in [3.63, 3.8) is 0 Å². The molecule has 15 heavy (non-hydrogen) atoms. The van der Waals surface area contributed by atoms with E-state index in [1.807, 2.05) is 7.05 Å². The van der Waals surface area contributed by atoms with Crippen molar-refractivity contribution in [1.82, 2.24) is 5.32 Å². The minimum Gasteiger partial charge on any atom is -0.313 e. The fourth-order valence-corrected chi connectivity index (χ4v) is 1.97. The van der Waals surface area contributed by atoms with Crippen molar-refractivity contribution in [3.8, 4) is 0 Å². The van der Waals surface area contributed by atoms with E-state index in [1.165, 1.54) is 12.1 Å². The van der Waals surface area contributed by atoms with Crippen LogP contribution in [0.4, 0.5) is 4.39 Å². The van der Waals surface area contributed by atoms with E-state index in [4.69, 9.17) is 11.6 Å². The van der Waals surface area contributed by atoms with E-state index in [9.17, 15) is 4.39 Å². The molecule has 0 fully saturated rings. The lowest BCUT2D eigenvalue weighted by molar-refractivity contribution is 0.399. The van der Waals surface area contributed by atoms with Crippen LogP contribution in [-0.4, -0.2) is 7.05 Å².